The van der Waals surface area contributed by atoms with Crippen LogP contribution in [0.3, 0.4) is 0 Å². The van der Waals surface area contributed by atoms with Crippen LogP contribution in [0.5, 0.6) is 0 Å². The van der Waals surface area contributed by atoms with E-state index in [2.05, 4.69) is 37.0 Å². The van der Waals surface area contributed by atoms with Crippen molar-refractivity contribution in [2.75, 3.05) is 5.73 Å². The van der Waals surface area contributed by atoms with Gasteiger partial charge in [0.05, 0.1) is 20.8 Å². The quantitative estimate of drug-likeness (QED) is 0.810. The summed E-state index contributed by atoms with van der Waals surface area (Å²) in [4.78, 5) is 4.80. The van der Waals surface area contributed by atoms with Gasteiger partial charge in [-0.05, 0) is 69.4 Å². The van der Waals surface area contributed by atoms with Gasteiger partial charge in [-0.15, -0.1) is 0 Å². The van der Waals surface area contributed by atoms with Crippen molar-refractivity contribution in [1.29, 1.82) is 0 Å². The minimum absolute atomic E-state index is 0.533. The highest BCUT2D eigenvalue weighted by molar-refractivity contribution is 9.11. The second-order valence-electron chi connectivity index (χ2n) is 5.86. The second-order valence-corrected chi connectivity index (χ2v) is 7.51. The minimum Gasteiger partial charge on any atom is -0.383 e. The molecule has 1 spiro atoms. The smallest absolute Gasteiger partial charge is 0.172 e. The van der Waals surface area contributed by atoms with Crippen molar-refractivity contribution in [2.24, 2.45) is 5.41 Å². The molecule has 0 aromatic carbocycles. The van der Waals surface area contributed by atoms with Crippen LogP contribution in [-0.4, -0.2) is 14.6 Å². The first-order valence-electron chi connectivity index (χ1n) is 6.58. The Kier molecular flexibility index (Phi) is 2.52. The molecule has 2 aromatic heterocycles. The lowest BCUT2D eigenvalue weighted by atomic mass is 10.00. The average Bonchev–Trinajstić information content (AvgIpc) is 2.85. The van der Waals surface area contributed by atoms with Crippen LogP contribution in [-0.2, 0) is 0 Å². The zero-order valence-corrected chi connectivity index (χ0v) is 13.5. The molecule has 6 heteroatoms. The molecular formula is C13H14Br2N4. The van der Waals surface area contributed by atoms with Crippen molar-refractivity contribution in [3.05, 3.63) is 20.8 Å². The van der Waals surface area contributed by atoms with Crippen molar-refractivity contribution in [3.8, 4) is 0 Å². The fraction of sp³-hybridized carbons (Fsp3) is 0.538. The van der Waals surface area contributed by atoms with Crippen LogP contribution in [0.15, 0.2) is 15.1 Å². The third-order valence-corrected chi connectivity index (χ3v) is 6.02. The van der Waals surface area contributed by atoms with Gasteiger partial charge in [0.25, 0.3) is 0 Å². The molecule has 2 aliphatic carbocycles. The van der Waals surface area contributed by atoms with Crippen LogP contribution in [0.2, 0.25) is 0 Å². The largest absolute Gasteiger partial charge is 0.383 e. The van der Waals surface area contributed by atoms with E-state index in [0.717, 1.165) is 20.3 Å². The maximum Gasteiger partial charge on any atom is 0.172 e. The summed E-state index contributed by atoms with van der Waals surface area (Å²) in [5.41, 5.74) is 8.74. The molecule has 2 N–H and O–H groups in total. The van der Waals surface area contributed by atoms with E-state index in [1.807, 2.05) is 0 Å². The van der Waals surface area contributed by atoms with Gasteiger partial charge in [-0.25, -0.2) is 4.98 Å². The minimum atomic E-state index is 0.533. The van der Waals surface area contributed by atoms with Crippen molar-refractivity contribution in [2.45, 2.75) is 38.0 Å². The molecule has 0 saturated heterocycles. The Bertz CT molecular complexity index is 675. The molecule has 19 heavy (non-hydrogen) atoms. The second kappa shape index (κ2) is 3.95. The van der Waals surface area contributed by atoms with Crippen molar-refractivity contribution in [3.63, 3.8) is 0 Å². The molecule has 4 nitrogen and oxygen atoms in total. The highest BCUT2D eigenvalue weighted by atomic mass is 79.9. The molecule has 0 bridgehead atoms. The number of halogens is 2. The van der Waals surface area contributed by atoms with Crippen LogP contribution in [0, 0.1) is 5.41 Å². The first-order chi connectivity index (χ1) is 9.10. The van der Waals surface area contributed by atoms with Gasteiger partial charge in [-0.2, -0.15) is 9.61 Å². The Hall–Kier alpha value is -0.620. The van der Waals surface area contributed by atoms with Crippen molar-refractivity contribution < 1.29 is 0 Å². The molecule has 100 valence electrons. The molecule has 0 radical (unpaired) electrons. The number of hydrogen-bond donors (Lipinski definition) is 1. The molecule has 2 heterocycles. The van der Waals surface area contributed by atoms with E-state index in [1.54, 1.807) is 10.7 Å². The zero-order chi connectivity index (χ0) is 13.2. The third-order valence-electron chi connectivity index (χ3n) is 4.65. The molecular weight excluding hydrogens is 372 g/mol. The fourth-order valence-corrected chi connectivity index (χ4v) is 4.26. The third kappa shape index (κ3) is 1.76. The van der Waals surface area contributed by atoms with Gasteiger partial charge in [-0.3, -0.25) is 0 Å². The van der Waals surface area contributed by atoms with Crippen LogP contribution >= 0.6 is 31.9 Å². The SMILES string of the molecule is Nc1c(Br)c(C2CCC3(CC3)C2)nc2c(Br)cnn12. The summed E-state index contributed by atoms with van der Waals surface area (Å²) in [6, 6.07) is 0. The Labute approximate surface area is 128 Å². The molecule has 2 aromatic rings. The Balaban J connectivity index is 1.85. The van der Waals surface area contributed by atoms with E-state index < -0.39 is 0 Å². The van der Waals surface area contributed by atoms with Crippen LogP contribution < -0.4 is 5.73 Å². The Morgan fingerprint density at radius 1 is 1.32 bits per heavy atom. The van der Waals surface area contributed by atoms with Crippen LogP contribution in [0.25, 0.3) is 5.65 Å². The predicted molar refractivity (Wildman–Crippen MR) is 81.1 cm³/mol. The monoisotopic (exact) mass is 384 g/mol. The molecule has 2 fully saturated rings. The van der Waals surface area contributed by atoms with Gasteiger partial charge in [0.2, 0.25) is 0 Å². The van der Waals surface area contributed by atoms with Gasteiger partial charge in [0.15, 0.2) is 5.65 Å². The summed E-state index contributed by atoms with van der Waals surface area (Å²) in [6.45, 7) is 0. The Morgan fingerprint density at radius 2 is 2.11 bits per heavy atom. The molecule has 1 unspecified atom stereocenters. The summed E-state index contributed by atoms with van der Waals surface area (Å²) in [5.74, 6) is 1.17. The topological polar surface area (TPSA) is 56.2 Å². The average molecular weight is 386 g/mol. The van der Waals surface area contributed by atoms with Gasteiger partial charge in [0, 0.05) is 5.92 Å². The number of nitrogens with two attached hydrogens (primary N) is 1. The summed E-state index contributed by atoms with van der Waals surface area (Å²) in [6.07, 6.45) is 8.38. The van der Waals surface area contributed by atoms with E-state index in [9.17, 15) is 0 Å². The van der Waals surface area contributed by atoms with Gasteiger partial charge in [0.1, 0.15) is 5.82 Å². The van der Waals surface area contributed by atoms with Crippen molar-refractivity contribution in [1.82, 2.24) is 14.6 Å². The highest BCUT2D eigenvalue weighted by Crippen LogP contribution is 2.62. The van der Waals surface area contributed by atoms with Crippen molar-refractivity contribution >= 4 is 43.3 Å². The fourth-order valence-electron chi connectivity index (χ4n) is 3.33. The lowest BCUT2D eigenvalue weighted by Crippen LogP contribution is -2.08. The number of nitrogens with zero attached hydrogens (tertiary/aromatic N) is 3. The van der Waals surface area contributed by atoms with E-state index in [0.29, 0.717) is 17.2 Å². The van der Waals surface area contributed by atoms with E-state index in [4.69, 9.17) is 10.7 Å². The molecule has 0 amide bonds. The summed E-state index contributed by atoms with van der Waals surface area (Å²) in [7, 11) is 0. The number of nitrogen functional groups attached to an aromatic ring is 1. The number of rotatable bonds is 1. The van der Waals surface area contributed by atoms with Crippen LogP contribution in [0.1, 0.15) is 43.7 Å². The van der Waals surface area contributed by atoms with E-state index in [-0.39, 0.29) is 0 Å². The zero-order valence-electron chi connectivity index (χ0n) is 10.4. The normalized spacial score (nSPS) is 24.4. The Morgan fingerprint density at radius 3 is 2.79 bits per heavy atom. The van der Waals surface area contributed by atoms with Gasteiger partial charge in [-0.1, -0.05) is 0 Å². The lowest BCUT2D eigenvalue weighted by Gasteiger charge is -2.14. The first kappa shape index (κ1) is 12.1. The standard InChI is InChI=1S/C13H14Br2N4/c14-8-6-17-19-11(16)9(15)10(18-12(8)19)7-1-2-13(5-7)3-4-13/h6-7H,1-5,16H2. The molecule has 4 rings (SSSR count). The first-order valence-corrected chi connectivity index (χ1v) is 8.16. The summed E-state index contributed by atoms with van der Waals surface area (Å²) >= 11 is 7.10. The lowest BCUT2D eigenvalue weighted by molar-refractivity contribution is 0.521. The predicted octanol–water partition coefficient (Wildman–Crippen LogP) is 3.88. The van der Waals surface area contributed by atoms with E-state index >= 15 is 0 Å². The summed E-state index contributed by atoms with van der Waals surface area (Å²) < 4.78 is 3.49. The molecule has 2 aliphatic rings. The maximum atomic E-state index is 6.18. The van der Waals surface area contributed by atoms with Gasteiger partial charge >= 0.3 is 0 Å². The molecule has 2 saturated carbocycles. The van der Waals surface area contributed by atoms with Gasteiger partial charge < -0.3 is 5.73 Å². The molecule has 1 atom stereocenters. The van der Waals surface area contributed by atoms with E-state index in [1.165, 1.54) is 32.1 Å². The maximum absolute atomic E-state index is 6.18. The van der Waals surface area contributed by atoms with Crippen LogP contribution in [0.4, 0.5) is 5.82 Å². The highest BCUT2D eigenvalue weighted by Gasteiger charge is 2.49. The number of hydrogen-bond acceptors (Lipinski definition) is 3. The number of fused-ring (bicyclic) bond motifs is 1. The molecule has 0 aliphatic heterocycles. The summed E-state index contributed by atoms with van der Waals surface area (Å²) in [5, 5.41) is 4.24. The number of anilines is 1. The number of aromatic nitrogens is 3.